The highest BCUT2D eigenvalue weighted by Gasteiger charge is 2.09. The molecule has 1 aromatic rings. The fourth-order valence-electron chi connectivity index (χ4n) is 0.718. The Morgan fingerprint density at radius 1 is 1.55 bits per heavy atom. The molecule has 0 spiro atoms. The number of nitrogens with zero attached hydrogens (tertiary/aromatic N) is 1. The molecule has 0 N–H and O–H groups in total. The summed E-state index contributed by atoms with van der Waals surface area (Å²) in [6.45, 7) is 1.57. The van der Waals surface area contributed by atoms with Crippen molar-refractivity contribution in [3.63, 3.8) is 0 Å². The van der Waals surface area contributed by atoms with E-state index in [4.69, 9.17) is 11.6 Å². The van der Waals surface area contributed by atoms with E-state index in [1.165, 1.54) is 0 Å². The lowest BCUT2D eigenvalue weighted by Crippen LogP contribution is -1.95. The Labute approximate surface area is 68.0 Å². The fraction of sp³-hybridized carbons (Fsp3) is 0.286. The van der Waals surface area contributed by atoms with Crippen LogP contribution in [0.15, 0.2) is 12.3 Å². The van der Waals surface area contributed by atoms with Crippen LogP contribution >= 0.6 is 11.6 Å². The predicted octanol–water partition coefficient (Wildman–Crippen LogP) is 2.66. The highest BCUT2D eigenvalue weighted by molar-refractivity contribution is 6.20. The van der Waals surface area contributed by atoms with Crippen molar-refractivity contribution in [2.45, 2.75) is 12.3 Å². The summed E-state index contributed by atoms with van der Waals surface area (Å²) in [7, 11) is 0. The van der Waals surface area contributed by atoms with E-state index in [9.17, 15) is 8.78 Å². The molecule has 1 aromatic heterocycles. The van der Waals surface area contributed by atoms with Gasteiger partial charge in [-0.1, -0.05) is 0 Å². The maximum atomic E-state index is 12.7. The van der Waals surface area contributed by atoms with Crippen LogP contribution in [0.5, 0.6) is 0 Å². The van der Waals surface area contributed by atoms with E-state index in [2.05, 4.69) is 4.98 Å². The smallest absolute Gasteiger partial charge is 0.149 e. The zero-order valence-electron chi connectivity index (χ0n) is 5.81. The van der Waals surface area contributed by atoms with Crippen molar-refractivity contribution in [2.75, 3.05) is 0 Å². The topological polar surface area (TPSA) is 12.9 Å². The number of hydrogen-bond donors (Lipinski definition) is 0. The van der Waals surface area contributed by atoms with E-state index in [-0.39, 0.29) is 5.69 Å². The molecule has 0 aliphatic rings. The van der Waals surface area contributed by atoms with E-state index < -0.39 is 17.0 Å². The van der Waals surface area contributed by atoms with E-state index in [0.29, 0.717) is 0 Å². The van der Waals surface area contributed by atoms with E-state index in [1.807, 2.05) is 0 Å². The summed E-state index contributed by atoms with van der Waals surface area (Å²) in [6, 6.07) is 0.765. The van der Waals surface area contributed by atoms with Crippen molar-refractivity contribution in [1.82, 2.24) is 4.98 Å². The Kier molecular flexibility index (Phi) is 2.39. The minimum Gasteiger partial charge on any atom is -0.254 e. The molecule has 1 atom stereocenters. The van der Waals surface area contributed by atoms with Gasteiger partial charge >= 0.3 is 0 Å². The molecule has 60 valence electrons. The third-order valence-electron chi connectivity index (χ3n) is 1.21. The van der Waals surface area contributed by atoms with Gasteiger partial charge < -0.3 is 0 Å². The molecule has 1 unspecified atom stereocenters. The number of aromatic nitrogens is 1. The first-order valence-electron chi connectivity index (χ1n) is 3.06. The Morgan fingerprint density at radius 2 is 2.18 bits per heavy atom. The highest BCUT2D eigenvalue weighted by Crippen LogP contribution is 2.19. The summed E-state index contributed by atoms with van der Waals surface area (Å²) < 4.78 is 25.0. The molecule has 1 heterocycles. The van der Waals surface area contributed by atoms with Crippen molar-refractivity contribution < 1.29 is 8.78 Å². The summed E-state index contributed by atoms with van der Waals surface area (Å²) in [6.07, 6.45) is 0.942. The van der Waals surface area contributed by atoms with Crippen LogP contribution in [0.4, 0.5) is 8.78 Å². The molecule has 0 amide bonds. The molecule has 0 aromatic carbocycles. The maximum absolute atomic E-state index is 12.7. The average molecular weight is 178 g/mol. The molecule has 0 radical (unpaired) electrons. The van der Waals surface area contributed by atoms with Crippen LogP contribution in [0.1, 0.15) is 18.0 Å². The zero-order valence-corrected chi connectivity index (χ0v) is 6.57. The zero-order chi connectivity index (χ0) is 8.43. The fourth-order valence-corrected chi connectivity index (χ4v) is 0.878. The molecule has 0 aliphatic carbocycles. The second-order valence-electron chi connectivity index (χ2n) is 2.14. The monoisotopic (exact) mass is 177 g/mol. The van der Waals surface area contributed by atoms with Crippen molar-refractivity contribution in [1.29, 1.82) is 0 Å². The molecule has 11 heavy (non-hydrogen) atoms. The van der Waals surface area contributed by atoms with Gasteiger partial charge in [-0.05, 0) is 6.92 Å². The molecule has 0 saturated carbocycles. The molecule has 0 aliphatic heterocycles. The van der Waals surface area contributed by atoms with Gasteiger partial charge in [0, 0.05) is 6.07 Å². The Balaban J connectivity index is 3.09. The maximum Gasteiger partial charge on any atom is 0.149 e. The molecule has 1 rings (SSSR count). The van der Waals surface area contributed by atoms with Gasteiger partial charge in [0.2, 0.25) is 0 Å². The van der Waals surface area contributed by atoms with Crippen molar-refractivity contribution in [3.8, 4) is 0 Å². The quantitative estimate of drug-likeness (QED) is 0.601. The highest BCUT2D eigenvalue weighted by atomic mass is 35.5. The Morgan fingerprint density at radius 3 is 2.64 bits per heavy atom. The lowest BCUT2D eigenvalue weighted by molar-refractivity contribution is 0.558. The number of pyridine rings is 1. The van der Waals surface area contributed by atoms with Crippen LogP contribution in [0, 0.1) is 11.6 Å². The predicted molar refractivity (Wildman–Crippen MR) is 38.4 cm³/mol. The SMILES string of the molecule is CC(Cl)c1ncc(F)cc1F. The van der Waals surface area contributed by atoms with Gasteiger partial charge in [0.25, 0.3) is 0 Å². The largest absolute Gasteiger partial charge is 0.254 e. The van der Waals surface area contributed by atoms with Crippen LogP contribution < -0.4 is 0 Å². The summed E-state index contributed by atoms with van der Waals surface area (Å²) in [4.78, 5) is 3.50. The summed E-state index contributed by atoms with van der Waals surface area (Å²) in [5, 5.41) is -0.532. The minimum atomic E-state index is -0.701. The van der Waals surface area contributed by atoms with Gasteiger partial charge in [0.05, 0.1) is 17.3 Å². The second kappa shape index (κ2) is 3.13. The van der Waals surface area contributed by atoms with E-state index in [0.717, 1.165) is 12.3 Å². The standard InChI is InChI=1S/C7H6ClF2N/c1-4(8)7-6(10)2-5(9)3-11-7/h2-4H,1H3. The normalized spacial score (nSPS) is 13.1. The molecule has 0 saturated heterocycles. The summed E-state index contributed by atoms with van der Waals surface area (Å²) in [5.41, 5.74) is 0.0769. The number of hydrogen-bond acceptors (Lipinski definition) is 1. The van der Waals surface area contributed by atoms with E-state index >= 15 is 0 Å². The average Bonchev–Trinajstić information content (AvgIpc) is 1.85. The van der Waals surface area contributed by atoms with Gasteiger partial charge in [-0.15, -0.1) is 11.6 Å². The van der Waals surface area contributed by atoms with Crippen LogP contribution in [0.25, 0.3) is 0 Å². The van der Waals surface area contributed by atoms with Gasteiger partial charge in [0.1, 0.15) is 11.6 Å². The van der Waals surface area contributed by atoms with Crippen LogP contribution in [-0.4, -0.2) is 4.98 Å². The van der Waals surface area contributed by atoms with Crippen LogP contribution in [0.2, 0.25) is 0 Å². The summed E-state index contributed by atoms with van der Waals surface area (Å²) >= 11 is 5.54. The van der Waals surface area contributed by atoms with Crippen LogP contribution in [0.3, 0.4) is 0 Å². The Bertz CT molecular complexity index is 263. The lowest BCUT2D eigenvalue weighted by atomic mass is 10.3. The van der Waals surface area contributed by atoms with Gasteiger partial charge in [-0.2, -0.15) is 0 Å². The molecule has 0 fully saturated rings. The third-order valence-corrected chi connectivity index (χ3v) is 1.42. The summed E-state index contributed by atoms with van der Waals surface area (Å²) in [5.74, 6) is -1.39. The van der Waals surface area contributed by atoms with Gasteiger partial charge in [-0.3, -0.25) is 4.98 Å². The second-order valence-corrected chi connectivity index (χ2v) is 2.79. The van der Waals surface area contributed by atoms with E-state index in [1.54, 1.807) is 6.92 Å². The van der Waals surface area contributed by atoms with Crippen molar-refractivity contribution >= 4 is 11.6 Å². The van der Waals surface area contributed by atoms with Gasteiger partial charge in [0.15, 0.2) is 0 Å². The molecular weight excluding hydrogens is 172 g/mol. The lowest BCUT2D eigenvalue weighted by Gasteiger charge is -2.02. The number of rotatable bonds is 1. The number of alkyl halides is 1. The first-order chi connectivity index (χ1) is 5.11. The first kappa shape index (κ1) is 8.40. The van der Waals surface area contributed by atoms with Crippen molar-refractivity contribution in [3.05, 3.63) is 29.6 Å². The van der Waals surface area contributed by atoms with Crippen LogP contribution in [-0.2, 0) is 0 Å². The third kappa shape index (κ3) is 1.87. The molecular formula is C7H6ClF2N. The molecule has 1 nitrogen and oxygen atoms in total. The van der Waals surface area contributed by atoms with Gasteiger partial charge in [-0.25, -0.2) is 8.78 Å². The minimum absolute atomic E-state index is 0.0769. The first-order valence-corrected chi connectivity index (χ1v) is 3.50. The molecule has 0 bridgehead atoms. The molecule has 4 heteroatoms. The van der Waals surface area contributed by atoms with Crippen molar-refractivity contribution in [2.24, 2.45) is 0 Å². The number of halogens is 3. The Hall–Kier alpha value is -0.700.